The first-order valence-corrected chi connectivity index (χ1v) is 5.89. The largest absolute Gasteiger partial charge is 0.396 e. The first kappa shape index (κ1) is 12.7. The number of halogens is 1. The van der Waals surface area contributed by atoms with Crippen LogP contribution in [0.4, 0.5) is 0 Å². The van der Waals surface area contributed by atoms with Gasteiger partial charge in [0.25, 0.3) is 0 Å². The molecule has 1 atom stereocenters. The molecule has 0 bridgehead atoms. The second kappa shape index (κ2) is 5.64. The van der Waals surface area contributed by atoms with E-state index in [0.29, 0.717) is 0 Å². The van der Waals surface area contributed by atoms with Gasteiger partial charge < -0.3 is 10.0 Å². The number of hydrogen-bond donors (Lipinski definition) is 1. The van der Waals surface area contributed by atoms with Crippen LogP contribution in [0.1, 0.15) is 23.6 Å². The number of benzene rings is 1. The molecule has 1 rings (SSSR count). The van der Waals surface area contributed by atoms with Crippen molar-refractivity contribution in [1.29, 1.82) is 0 Å². The first-order chi connectivity index (χ1) is 7.07. The minimum Gasteiger partial charge on any atom is -0.396 e. The molecule has 0 heterocycles. The number of nitrogens with zero attached hydrogens (tertiary/aromatic N) is 1. The van der Waals surface area contributed by atoms with Crippen LogP contribution in [0.25, 0.3) is 0 Å². The summed E-state index contributed by atoms with van der Waals surface area (Å²) in [5.74, 6) is 0. The highest BCUT2D eigenvalue weighted by atomic mass is 79.9. The lowest BCUT2D eigenvalue weighted by atomic mass is 9.98. The summed E-state index contributed by atoms with van der Waals surface area (Å²) in [7, 11) is 4.08. The van der Waals surface area contributed by atoms with Crippen LogP contribution in [0.2, 0.25) is 0 Å². The van der Waals surface area contributed by atoms with Gasteiger partial charge in [0.15, 0.2) is 0 Å². The fraction of sp³-hybridized carbons (Fsp3) is 0.500. The maximum atomic E-state index is 9.07. The average Bonchev–Trinajstić information content (AvgIpc) is 2.19. The monoisotopic (exact) mass is 271 g/mol. The van der Waals surface area contributed by atoms with Crippen LogP contribution in [0.15, 0.2) is 22.7 Å². The third kappa shape index (κ3) is 3.03. The van der Waals surface area contributed by atoms with Gasteiger partial charge in [0, 0.05) is 17.1 Å². The molecular weight excluding hydrogens is 254 g/mol. The second-order valence-corrected chi connectivity index (χ2v) is 4.80. The Morgan fingerprint density at radius 3 is 2.60 bits per heavy atom. The van der Waals surface area contributed by atoms with Crippen LogP contribution in [0.3, 0.4) is 0 Å². The summed E-state index contributed by atoms with van der Waals surface area (Å²) in [5, 5.41) is 9.07. The maximum absolute atomic E-state index is 9.07. The highest BCUT2D eigenvalue weighted by Gasteiger charge is 2.16. The van der Waals surface area contributed by atoms with E-state index >= 15 is 0 Å². The summed E-state index contributed by atoms with van der Waals surface area (Å²) in [6.45, 7) is 2.32. The van der Waals surface area contributed by atoms with Crippen LogP contribution in [-0.4, -0.2) is 30.7 Å². The number of rotatable bonds is 4. The lowest BCUT2D eigenvalue weighted by molar-refractivity contribution is 0.210. The minimum atomic E-state index is 0.217. The zero-order valence-corrected chi connectivity index (χ0v) is 11.1. The molecule has 0 aromatic heterocycles. The van der Waals surface area contributed by atoms with E-state index in [1.54, 1.807) is 0 Å². The molecule has 1 aromatic rings. The predicted molar refractivity (Wildman–Crippen MR) is 67.0 cm³/mol. The Balaban J connectivity index is 3.05. The van der Waals surface area contributed by atoms with Crippen molar-refractivity contribution in [2.75, 3.05) is 20.7 Å². The van der Waals surface area contributed by atoms with E-state index in [2.05, 4.69) is 33.8 Å². The molecule has 84 valence electrons. The second-order valence-electron chi connectivity index (χ2n) is 3.95. The standard InChI is InChI=1S/C12H18BrNO/c1-9-10(5-4-6-11(9)13)12(7-8-15)14(2)3/h4-6,12,15H,7-8H2,1-3H3. The molecule has 0 aliphatic heterocycles. The van der Waals surface area contributed by atoms with Gasteiger partial charge in [-0.2, -0.15) is 0 Å². The van der Waals surface area contributed by atoms with Crippen LogP contribution >= 0.6 is 15.9 Å². The van der Waals surface area contributed by atoms with Crippen LogP contribution in [0, 0.1) is 6.92 Å². The molecule has 0 saturated heterocycles. The predicted octanol–water partition coefficient (Wildman–Crippen LogP) is 2.74. The van der Waals surface area contributed by atoms with Crippen molar-refractivity contribution in [3.05, 3.63) is 33.8 Å². The summed E-state index contributed by atoms with van der Waals surface area (Å²) in [4.78, 5) is 2.14. The van der Waals surface area contributed by atoms with Crippen molar-refractivity contribution in [1.82, 2.24) is 4.90 Å². The third-order valence-electron chi connectivity index (χ3n) is 2.69. The summed E-state index contributed by atoms with van der Waals surface area (Å²) >= 11 is 3.53. The molecule has 2 nitrogen and oxygen atoms in total. The summed E-state index contributed by atoms with van der Waals surface area (Å²) in [6, 6.07) is 6.50. The molecule has 0 fully saturated rings. The molecule has 0 spiro atoms. The van der Waals surface area contributed by atoms with E-state index in [-0.39, 0.29) is 12.6 Å². The Morgan fingerprint density at radius 1 is 1.40 bits per heavy atom. The molecule has 1 unspecified atom stereocenters. The fourth-order valence-corrected chi connectivity index (χ4v) is 2.18. The first-order valence-electron chi connectivity index (χ1n) is 5.10. The molecule has 0 amide bonds. The van der Waals surface area contributed by atoms with E-state index in [0.717, 1.165) is 10.9 Å². The van der Waals surface area contributed by atoms with Crippen molar-refractivity contribution < 1.29 is 5.11 Å². The Bertz CT molecular complexity index is 325. The van der Waals surface area contributed by atoms with E-state index in [9.17, 15) is 0 Å². The molecule has 1 aromatic carbocycles. The highest BCUT2D eigenvalue weighted by Crippen LogP contribution is 2.28. The number of hydrogen-bond acceptors (Lipinski definition) is 2. The van der Waals surface area contributed by atoms with Crippen LogP contribution in [-0.2, 0) is 0 Å². The molecule has 0 radical (unpaired) electrons. The summed E-state index contributed by atoms with van der Waals surface area (Å²) in [5.41, 5.74) is 2.54. The van der Waals surface area contributed by atoms with Gasteiger partial charge in [-0.05, 0) is 44.6 Å². The van der Waals surface area contributed by atoms with Gasteiger partial charge in [0.2, 0.25) is 0 Å². The molecule has 0 aliphatic carbocycles. The van der Waals surface area contributed by atoms with E-state index < -0.39 is 0 Å². The number of aliphatic hydroxyl groups excluding tert-OH is 1. The quantitative estimate of drug-likeness (QED) is 0.911. The summed E-state index contributed by atoms with van der Waals surface area (Å²) < 4.78 is 1.13. The van der Waals surface area contributed by atoms with Crippen molar-refractivity contribution >= 4 is 15.9 Å². The Labute approximate surface area is 100 Å². The Morgan fingerprint density at radius 2 is 2.07 bits per heavy atom. The van der Waals surface area contributed by atoms with Crippen LogP contribution < -0.4 is 0 Å². The van der Waals surface area contributed by atoms with E-state index in [4.69, 9.17) is 5.11 Å². The van der Waals surface area contributed by atoms with Crippen LogP contribution in [0.5, 0.6) is 0 Å². The van der Waals surface area contributed by atoms with Crippen molar-refractivity contribution in [2.45, 2.75) is 19.4 Å². The molecule has 3 heteroatoms. The lowest BCUT2D eigenvalue weighted by Crippen LogP contribution is -2.21. The normalized spacial score (nSPS) is 13.2. The van der Waals surface area contributed by atoms with Crippen molar-refractivity contribution in [2.24, 2.45) is 0 Å². The third-order valence-corrected chi connectivity index (χ3v) is 3.55. The van der Waals surface area contributed by atoms with Gasteiger partial charge in [-0.3, -0.25) is 0 Å². The van der Waals surface area contributed by atoms with E-state index in [1.807, 2.05) is 26.2 Å². The van der Waals surface area contributed by atoms with Gasteiger partial charge in [-0.25, -0.2) is 0 Å². The minimum absolute atomic E-state index is 0.217. The zero-order chi connectivity index (χ0) is 11.4. The lowest BCUT2D eigenvalue weighted by Gasteiger charge is -2.26. The fourth-order valence-electron chi connectivity index (χ4n) is 1.80. The zero-order valence-electron chi connectivity index (χ0n) is 9.50. The summed E-state index contributed by atoms with van der Waals surface area (Å²) in [6.07, 6.45) is 0.768. The molecule has 15 heavy (non-hydrogen) atoms. The topological polar surface area (TPSA) is 23.5 Å². The Hall–Kier alpha value is -0.380. The Kier molecular flexibility index (Phi) is 4.77. The number of aliphatic hydroxyl groups is 1. The van der Waals surface area contributed by atoms with E-state index in [1.165, 1.54) is 11.1 Å². The van der Waals surface area contributed by atoms with Gasteiger partial charge in [0.05, 0.1) is 0 Å². The molecule has 1 N–H and O–H groups in total. The molecule has 0 aliphatic rings. The molecular formula is C12H18BrNO. The van der Waals surface area contributed by atoms with Gasteiger partial charge in [-0.1, -0.05) is 28.1 Å². The SMILES string of the molecule is Cc1c(Br)cccc1C(CCO)N(C)C. The maximum Gasteiger partial charge on any atom is 0.0449 e. The molecule has 0 saturated carbocycles. The van der Waals surface area contributed by atoms with Crippen molar-refractivity contribution in [3.63, 3.8) is 0 Å². The van der Waals surface area contributed by atoms with Crippen molar-refractivity contribution in [3.8, 4) is 0 Å². The van der Waals surface area contributed by atoms with Gasteiger partial charge in [0.1, 0.15) is 0 Å². The average molecular weight is 272 g/mol. The highest BCUT2D eigenvalue weighted by molar-refractivity contribution is 9.10. The van der Waals surface area contributed by atoms with Gasteiger partial charge in [-0.15, -0.1) is 0 Å². The smallest absolute Gasteiger partial charge is 0.0449 e. The van der Waals surface area contributed by atoms with Gasteiger partial charge >= 0.3 is 0 Å².